The Hall–Kier alpha value is -1.47. The molecule has 106 valence electrons. The Balaban J connectivity index is 2.49. The lowest BCUT2D eigenvalue weighted by Crippen LogP contribution is -2.43. The molecule has 1 aromatic rings. The highest BCUT2D eigenvalue weighted by atomic mass is 32.2. The van der Waals surface area contributed by atoms with E-state index in [1.807, 2.05) is 0 Å². The summed E-state index contributed by atoms with van der Waals surface area (Å²) in [5.41, 5.74) is 0.494. The van der Waals surface area contributed by atoms with Crippen molar-refractivity contribution in [1.29, 1.82) is 0 Å². The van der Waals surface area contributed by atoms with Crippen LogP contribution in [0.3, 0.4) is 0 Å². The fourth-order valence-corrected chi connectivity index (χ4v) is 2.08. The van der Waals surface area contributed by atoms with E-state index >= 15 is 0 Å². The number of nitrogens with zero attached hydrogens (tertiary/aromatic N) is 1. The van der Waals surface area contributed by atoms with Gasteiger partial charge in [-0.25, -0.2) is 13.1 Å². The number of nitrogens with one attached hydrogen (secondary N) is 2. The SMILES string of the molecule is CC(CNS(=O)(=O)C(C)C)NC(=O)c1ccncc1. The van der Waals surface area contributed by atoms with E-state index in [1.165, 1.54) is 12.4 Å². The summed E-state index contributed by atoms with van der Waals surface area (Å²) >= 11 is 0. The quantitative estimate of drug-likeness (QED) is 0.798. The van der Waals surface area contributed by atoms with E-state index in [1.54, 1.807) is 32.9 Å². The number of pyridine rings is 1. The molecule has 0 saturated carbocycles. The maximum absolute atomic E-state index is 11.8. The zero-order valence-corrected chi connectivity index (χ0v) is 12.1. The molecule has 1 rings (SSSR count). The second kappa shape index (κ2) is 6.63. The van der Waals surface area contributed by atoms with Crippen molar-refractivity contribution < 1.29 is 13.2 Å². The van der Waals surface area contributed by atoms with Crippen molar-refractivity contribution in [3.05, 3.63) is 30.1 Å². The van der Waals surface area contributed by atoms with Crippen molar-refractivity contribution in [2.45, 2.75) is 32.1 Å². The number of sulfonamides is 1. The molecule has 0 aliphatic heterocycles. The first kappa shape index (κ1) is 15.6. The van der Waals surface area contributed by atoms with Crippen molar-refractivity contribution in [3.8, 4) is 0 Å². The van der Waals surface area contributed by atoms with Crippen molar-refractivity contribution in [3.63, 3.8) is 0 Å². The van der Waals surface area contributed by atoms with Gasteiger partial charge in [-0.05, 0) is 32.9 Å². The first-order valence-corrected chi connectivity index (χ1v) is 7.57. The van der Waals surface area contributed by atoms with Crippen molar-refractivity contribution >= 4 is 15.9 Å². The summed E-state index contributed by atoms with van der Waals surface area (Å²) in [5.74, 6) is -0.251. The highest BCUT2D eigenvalue weighted by Gasteiger charge is 2.17. The van der Waals surface area contributed by atoms with Gasteiger partial charge in [-0.1, -0.05) is 0 Å². The monoisotopic (exact) mass is 285 g/mol. The lowest BCUT2D eigenvalue weighted by molar-refractivity contribution is 0.0940. The van der Waals surface area contributed by atoms with Crippen molar-refractivity contribution in [2.75, 3.05) is 6.54 Å². The molecule has 1 aromatic heterocycles. The molecule has 0 aliphatic carbocycles. The van der Waals surface area contributed by atoms with Crippen LogP contribution in [-0.4, -0.2) is 37.1 Å². The summed E-state index contributed by atoms with van der Waals surface area (Å²) in [6.07, 6.45) is 3.06. The van der Waals surface area contributed by atoms with Crippen LogP contribution in [-0.2, 0) is 10.0 Å². The minimum atomic E-state index is -3.30. The Bertz CT molecular complexity index is 514. The molecule has 2 N–H and O–H groups in total. The maximum Gasteiger partial charge on any atom is 0.251 e. The van der Waals surface area contributed by atoms with Gasteiger partial charge in [-0.3, -0.25) is 9.78 Å². The van der Waals surface area contributed by atoms with Crippen LogP contribution in [0.1, 0.15) is 31.1 Å². The summed E-state index contributed by atoms with van der Waals surface area (Å²) in [4.78, 5) is 15.6. The van der Waals surface area contributed by atoms with E-state index in [4.69, 9.17) is 0 Å². The number of rotatable bonds is 6. The number of hydrogen-bond donors (Lipinski definition) is 2. The smallest absolute Gasteiger partial charge is 0.251 e. The van der Waals surface area contributed by atoms with Crippen molar-refractivity contribution in [2.24, 2.45) is 0 Å². The molecule has 6 nitrogen and oxygen atoms in total. The zero-order chi connectivity index (χ0) is 14.5. The van der Waals surface area contributed by atoms with Crippen LogP contribution in [0.5, 0.6) is 0 Å². The first-order valence-electron chi connectivity index (χ1n) is 6.02. The number of aromatic nitrogens is 1. The van der Waals surface area contributed by atoms with E-state index in [0.29, 0.717) is 5.56 Å². The number of carbonyl (C=O) groups is 1. The third-order valence-corrected chi connectivity index (χ3v) is 4.34. The van der Waals surface area contributed by atoms with Crippen LogP contribution < -0.4 is 10.0 Å². The standard InChI is InChI=1S/C12H19N3O3S/c1-9(2)19(17,18)14-8-10(3)15-12(16)11-4-6-13-7-5-11/h4-7,9-10,14H,8H2,1-3H3,(H,15,16). The Morgan fingerprint density at radius 1 is 1.26 bits per heavy atom. The number of amides is 1. The molecular formula is C12H19N3O3S. The van der Waals surface area contributed by atoms with Gasteiger partial charge in [0.2, 0.25) is 10.0 Å². The Kier molecular flexibility index (Phi) is 5.44. The third kappa shape index (κ3) is 4.96. The molecule has 0 bridgehead atoms. The van der Waals surface area contributed by atoms with Gasteiger partial charge in [-0.2, -0.15) is 0 Å². The lowest BCUT2D eigenvalue weighted by Gasteiger charge is -2.16. The zero-order valence-electron chi connectivity index (χ0n) is 11.3. The van der Waals surface area contributed by atoms with Crippen molar-refractivity contribution in [1.82, 2.24) is 15.0 Å². The molecule has 0 radical (unpaired) electrons. The lowest BCUT2D eigenvalue weighted by atomic mass is 10.2. The summed E-state index contributed by atoms with van der Waals surface area (Å²) in [6.45, 7) is 5.10. The van der Waals surface area contributed by atoms with Crippen LogP contribution in [0.4, 0.5) is 0 Å². The predicted molar refractivity (Wildman–Crippen MR) is 73.2 cm³/mol. The molecule has 0 fully saturated rings. The molecule has 1 unspecified atom stereocenters. The molecule has 0 aliphatic rings. The summed E-state index contributed by atoms with van der Waals surface area (Å²) < 4.78 is 25.6. The molecule has 1 amide bonds. The van der Waals surface area contributed by atoms with Crippen LogP contribution in [0.15, 0.2) is 24.5 Å². The average Bonchev–Trinajstić information content (AvgIpc) is 2.37. The molecule has 1 heterocycles. The fourth-order valence-electron chi connectivity index (χ4n) is 1.27. The molecular weight excluding hydrogens is 266 g/mol. The average molecular weight is 285 g/mol. The largest absolute Gasteiger partial charge is 0.348 e. The van der Waals surface area contributed by atoms with Crippen LogP contribution >= 0.6 is 0 Å². The van der Waals surface area contributed by atoms with Gasteiger partial charge >= 0.3 is 0 Å². The number of carbonyl (C=O) groups excluding carboxylic acids is 1. The second-order valence-electron chi connectivity index (χ2n) is 4.55. The van der Waals surface area contributed by atoms with E-state index in [2.05, 4.69) is 15.0 Å². The Morgan fingerprint density at radius 2 is 1.84 bits per heavy atom. The maximum atomic E-state index is 11.8. The van der Waals surface area contributed by atoms with Gasteiger partial charge in [-0.15, -0.1) is 0 Å². The van der Waals surface area contributed by atoms with Gasteiger partial charge in [0.25, 0.3) is 5.91 Å². The van der Waals surface area contributed by atoms with Gasteiger partial charge in [0.05, 0.1) is 5.25 Å². The summed E-state index contributed by atoms with van der Waals surface area (Å²) in [7, 11) is -3.30. The molecule has 0 saturated heterocycles. The molecule has 1 atom stereocenters. The van der Waals surface area contributed by atoms with Gasteiger partial charge in [0, 0.05) is 30.5 Å². The molecule has 7 heteroatoms. The third-order valence-electron chi connectivity index (χ3n) is 2.53. The van der Waals surface area contributed by atoms with Gasteiger partial charge < -0.3 is 5.32 Å². The van der Waals surface area contributed by atoms with Gasteiger partial charge in [0.15, 0.2) is 0 Å². The molecule has 0 spiro atoms. The van der Waals surface area contributed by atoms with Gasteiger partial charge in [0.1, 0.15) is 0 Å². The normalized spacial score (nSPS) is 13.3. The first-order chi connectivity index (χ1) is 8.83. The minimum absolute atomic E-state index is 0.164. The van der Waals surface area contributed by atoms with E-state index in [0.717, 1.165) is 0 Å². The van der Waals surface area contributed by atoms with E-state index < -0.39 is 15.3 Å². The second-order valence-corrected chi connectivity index (χ2v) is 6.87. The van der Waals surface area contributed by atoms with Crippen LogP contribution in [0.25, 0.3) is 0 Å². The highest BCUT2D eigenvalue weighted by molar-refractivity contribution is 7.90. The summed E-state index contributed by atoms with van der Waals surface area (Å²) in [6, 6.07) is 2.90. The molecule has 19 heavy (non-hydrogen) atoms. The highest BCUT2D eigenvalue weighted by Crippen LogP contribution is 1.98. The molecule has 0 aromatic carbocycles. The topological polar surface area (TPSA) is 88.2 Å². The summed E-state index contributed by atoms with van der Waals surface area (Å²) in [5, 5.41) is 2.22. The minimum Gasteiger partial charge on any atom is -0.348 e. The van der Waals surface area contributed by atoms with E-state index in [-0.39, 0.29) is 18.5 Å². The fraction of sp³-hybridized carbons (Fsp3) is 0.500. The Morgan fingerprint density at radius 3 is 2.37 bits per heavy atom. The van der Waals surface area contributed by atoms with E-state index in [9.17, 15) is 13.2 Å². The number of hydrogen-bond acceptors (Lipinski definition) is 4. The Labute approximate surface area is 113 Å². The predicted octanol–water partition coefficient (Wildman–Crippen LogP) is 0.528. The van der Waals surface area contributed by atoms with Crippen LogP contribution in [0, 0.1) is 0 Å². The van der Waals surface area contributed by atoms with Crippen LogP contribution in [0.2, 0.25) is 0 Å².